The van der Waals surface area contributed by atoms with Gasteiger partial charge in [0.05, 0.1) is 0 Å². The van der Waals surface area contributed by atoms with E-state index in [1.165, 1.54) is 0 Å². The van der Waals surface area contributed by atoms with Gasteiger partial charge < -0.3 is 5.21 Å². The molecule has 0 aromatic rings. The van der Waals surface area contributed by atoms with Crippen LogP contribution >= 0.6 is 0 Å². The molecule has 0 heterocycles. The van der Waals surface area contributed by atoms with Crippen LogP contribution in [0.5, 0.6) is 0 Å². The fourth-order valence-electron chi connectivity index (χ4n) is 0. The van der Waals surface area contributed by atoms with Crippen molar-refractivity contribution >= 4 is 65.5 Å². The summed E-state index contributed by atoms with van der Waals surface area (Å²) in [5, 5.41) is 13.6. The van der Waals surface area contributed by atoms with Gasteiger partial charge in [0.2, 0.25) is 0 Å². The Morgan fingerprint density at radius 1 is 1.27 bits per heavy atom. The van der Waals surface area contributed by atoms with Crippen LogP contribution in [0, 0.1) is 10.1 Å². The Kier molecular flexibility index (Phi) is 22.4. The number of nitrogens with zero attached hydrogens (tertiary/aromatic N) is 1. The van der Waals surface area contributed by atoms with Crippen LogP contribution in [0.1, 0.15) is 0 Å². The predicted molar refractivity (Wildman–Crippen MR) is 41.4 cm³/mol. The van der Waals surface area contributed by atoms with Crippen LogP contribution in [0.2, 0.25) is 0 Å². The molecule has 0 amide bonds. The van der Waals surface area contributed by atoms with E-state index in [0.717, 1.165) is 0 Å². The Labute approximate surface area is 102 Å². The van der Waals surface area contributed by atoms with Gasteiger partial charge in [0.1, 0.15) is 0 Å². The Balaban J connectivity index is -0.0000000383. The second-order valence-electron chi connectivity index (χ2n) is 0.686. The molecule has 3 N–H and O–H groups in total. The van der Waals surface area contributed by atoms with Crippen molar-refractivity contribution in [1.82, 2.24) is 0 Å². The van der Waals surface area contributed by atoms with E-state index in [2.05, 4.69) is 0 Å². The minimum atomic E-state index is -4.67. The summed E-state index contributed by atoms with van der Waals surface area (Å²) < 4.78 is 31.6. The SMILES string of the molecule is O=S(=O)(O)O.O=[N+]([O-])O.[AlH3].[CaH2]. The standard InChI is InChI=1S/Al.Ca.HNO3.H2O4S.5H/c;;2-1(3)4;1-5(2,3)4;;;;;/h;;(H,2,3,4);(H2,1,2,3,4);;;;;. The molecule has 0 saturated carbocycles. The van der Waals surface area contributed by atoms with E-state index in [9.17, 15) is 0 Å². The van der Waals surface area contributed by atoms with Crippen molar-refractivity contribution in [2.45, 2.75) is 0 Å². The van der Waals surface area contributed by atoms with Crippen molar-refractivity contribution in [3.8, 4) is 0 Å². The summed E-state index contributed by atoms with van der Waals surface area (Å²) in [7, 11) is -4.67. The molecular formula is H8AlCaNO7S. The molecule has 0 rings (SSSR count). The molecule has 66 valence electrons. The first-order valence-corrected chi connectivity index (χ1v) is 2.66. The second-order valence-corrected chi connectivity index (χ2v) is 1.58. The van der Waals surface area contributed by atoms with E-state index >= 15 is 0 Å². The first-order chi connectivity index (χ1) is 3.73. The second kappa shape index (κ2) is 10.9. The number of hydrogen-bond acceptors (Lipinski definition) is 4. The molecule has 0 radical (unpaired) electrons. The summed E-state index contributed by atoms with van der Waals surface area (Å²) in [5.41, 5.74) is 0. The van der Waals surface area contributed by atoms with Crippen molar-refractivity contribution in [2.24, 2.45) is 0 Å². The van der Waals surface area contributed by atoms with Gasteiger partial charge in [-0.05, 0) is 0 Å². The van der Waals surface area contributed by atoms with Gasteiger partial charge in [-0.2, -0.15) is 8.42 Å². The minimum absolute atomic E-state index is 0. The molecule has 11 heavy (non-hydrogen) atoms. The molecule has 0 saturated heterocycles. The number of rotatable bonds is 0. The van der Waals surface area contributed by atoms with Crippen LogP contribution in [0.4, 0.5) is 0 Å². The van der Waals surface area contributed by atoms with Crippen molar-refractivity contribution in [3.05, 3.63) is 10.1 Å². The molecule has 0 aliphatic rings. The third kappa shape index (κ3) is 1150. The van der Waals surface area contributed by atoms with Crippen molar-refractivity contribution in [3.63, 3.8) is 0 Å². The van der Waals surface area contributed by atoms with Gasteiger partial charge >= 0.3 is 48.1 Å². The van der Waals surface area contributed by atoms with Crippen LogP contribution in [0.15, 0.2) is 0 Å². The maximum absolute atomic E-state index is 8.74. The van der Waals surface area contributed by atoms with Gasteiger partial charge in [-0.25, -0.2) is 0 Å². The van der Waals surface area contributed by atoms with E-state index in [0.29, 0.717) is 0 Å². The molecule has 0 aliphatic carbocycles. The Morgan fingerprint density at radius 2 is 1.27 bits per heavy atom. The monoisotopic (exact) mass is 233 g/mol. The van der Waals surface area contributed by atoms with E-state index in [4.69, 9.17) is 32.8 Å². The first-order valence-electron chi connectivity index (χ1n) is 1.26. The molecule has 0 spiro atoms. The molecule has 0 atom stereocenters. The first kappa shape index (κ1) is 22.6. The van der Waals surface area contributed by atoms with Gasteiger partial charge in [0.15, 0.2) is 17.4 Å². The van der Waals surface area contributed by atoms with Gasteiger partial charge in [-0.1, -0.05) is 0 Å². The molecule has 0 aliphatic heterocycles. The molecule has 11 heteroatoms. The average molecular weight is 233 g/mol. The fraction of sp³-hybridized carbons (Fsp3) is 0. The van der Waals surface area contributed by atoms with Crippen LogP contribution in [-0.2, 0) is 10.4 Å². The van der Waals surface area contributed by atoms with Crippen molar-refractivity contribution in [1.29, 1.82) is 0 Å². The molecule has 0 bridgehead atoms. The van der Waals surface area contributed by atoms with Gasteiger partial charge in [0, 0.05) is 0 Å². The topological polar surface area (TPSA) is 138 Å². The van der Waals surface area contributed by atoms with Crippen molar-refractivity contribution < 1.29 is 27.8 Å². The quantitative estimate of drug-likeness (QED) is 0.174. The van der Waals surface area contributed by atoms with Crippen molar-refractivity contribution in [2.75, 3.05) is 0 Å². The molecule has 0 aromatic heterocycles. The zero-order valence-corrected chi connectivity index (χ0v) is 4.65. The molecule has 0 aromatic carbocycles. The van der Waals surface area contributed by atoms with E-state index in [1.807, 2.05) is 0 Å². The van der Waals surface area contributed by atoms with E-state index in [-0.39, 0.29) is 55.1 Å². The summed E-state index contributed by atoms with van der Waals surface area (Å²) in [6.07, 6.45) is 0. The summed E-state index contributed by atoms with van der Waals surface area (Å²) in [5.74, 6) is 0. The normalized spacial score (nSPS) is 7.45. The molecular weight excluding hydrogens is 225 g/mol. The maximum atomic E-state index is 8.74. The summed E-state index contributed by atoms with van der Waals surface area (Å²) >= 11 is 0. The zero-order chi connectivity index (χ0) is 8.08. The van der Waals surface area contributed by atoms with Gasteiger partial charge in [-0.3, -0.25) is 9.11 Å². The third-order valence-electron chi connectivity index (χ3n) is 0. The predicted octanol–water partition coefficient (Wildman–Crippen LogP) is -3.10. The summed E-state index contributed by atoms with van der Waals surface area (Å²) in [4.78, 5) is 8.36. The Bertz CT molecular complexity index is 161. The van der Waals surface area contributed by atoms with Gasteiger partial charge in [-0.15, -0.1) is 10.1 Å². The van der Waals surface area contributed by atoms with Crippen LogP contribution < -0.4 is 0 Å². The number of hydrogen-bond donors (Lipinski definition) is 3. The molecule has 8 nitrogen and oxygen atoms in total. The molecule has 0 fully saturated rings. The zero-order valence-electron chi connectivity index (χ0n) is 3.83. The van der Waals surface area contributed by atoms with Crippen LogP contribution in [0.25, 0.3) is 0 Å². The van der Waals surface area contributed by atoms with Crippen LogP contribution in [0.3, 0.4) is 0 Å². The van der Waals surface area contributed by atoms with Gasteiger partial charge in [0.25, 0.3) is 5.09 Å². The van der Waals surface area contributed by atoms with E-state index < -0.39 is 15.5 Å². The van der Waals surface area contributed by atoms with Crippen LogP contribution in [-0.4, -0.2) is 82.9 Å². The Hall–Kier alpha value is 0.862. The summed E-state index contributed by atoms with van der Waals surface area (Å²) in [6, 6.07) is 0. The fourth-order valence-corrected chi connectivity index (χ4v) is 0. The average Bonchev–Trinajstić information content (AvgIpc) is 1.19. The summed E-state index contributed by atoms with van der Waals surface area (Å²) in [6.45, 7) is 0. The molecule has 0 unspecified atom stereocenters. The third-order valence-corrected chi connectivity index (χ3v) is 0. The Morgan fingerprint density at radius 3 is 1.27 bits per heavy atom. The van der Waals surface area contributed by atoms with E-state index in [1.54, 1.807) is 0 Å².